The third-order valence-electron chi connectivity index (χ3n) is 5.78. The molecule has 4 rings (SSSR count). The molecule has 0 radical (unpaired) electrons. The van der Waals surface area contributed by atoms with Crippen molar-refractivity contribution in [3.05, 3.63) is 94.0 Å². The SMILES string of the molecule is CCOc1cccc(C2/C(=C(\O)c3ccc(OCC)c(C)c3)C(=O)C(=O)N2c2ccc(Cl)cc2)c1. The van der Waals surface area contributed by atoms with E-state index in [1.54, 1.807) is 66.7 Å². The maximum absolute atomic E-state index is 13.3. The van der Waals surface area contributed by atoms with Crippen molar-refractivity contribution in [2.75, 3.05) is 18.1 Å². The summed E-state index contributed by atoms with van der Waals surface area (Å²) < 4.78 is 11.2. The molecule has 1 atom stereocenters. The summed E-state index contributed by atoms with van der Waals surface area (Å²) in [5.74, 6) is -0.466. The molecule has 6 nitrogen and oxygen atoms in total. The molecule has 3 aromatic rings. The third-order valence-corrected chi connectivity index (χ3v) is 6.03. The number of rotatable bonds is 7. The van der Waals surface area contributed by atoms with Crippen LogP contribution >= 0.6 is 11.6 Å². The first-order valence-electron chi connectivity index (χ1n) is 11.4. The van der Waals surface area contributed by atoms with Crippen LogP contribution < -0.4 is 14.4 Å². The lowest BCUT2D eigenvalue weighted by atomic mass is 9.94. The number of carbonyl (C=O) groups is 2. The van der Waals surface area contributed by atoms with E-state index in [0.29, 0.717) is 46.5 Å². The number of nitrogens with zero attached hydrogens (tertiary/aromatic N) is 1. The van der Waals surface area contributed by atoms with Crippen molar-refractivity contribution in [2.24, 2.45) is 0 Å². The van der Waals surface area contributed by atoms with Crippen molar-refractivity contribution >= 4 is 34.7 Å². The molecular weight excluding hydrogens is 466 g/mol. The molecule has 0 aromatic heterocycles. The van der Waals surface area contributed by atoms with Crippen LogP contribution in [0.2, 0.25) is 5.02 Å². The van der Waals surface area contributed by atoms with Crippen LogP contribution in [0.3, 0.4) is 0 Å². The second kappa shape index (κ2) is 10.2. The second-order valence-electron chi connectivity index (χ2n) is 8.06. The van der Waals surface area contributed by atoms with E-state index in [1.807, 2.05) is 20.8 Å². The number of amides is 1. The van der Waals surface area contributed by atoms with Gasteiger partial charge in [-0.25, -0.2) is 0 Å². The molecule has 1 aliphatic rings. The summed E-state index contributed by atoms with van der Waals surface area (Å²) >= 11 is 6.06. The van der Waals surface area contributed by atoms with Gasteiger partial charge in [0.2, 0.25) is 0 Å². The number of anilines is 1. The number of aliphatic hydroxyl groups is 1. The molecule has 0 bridgehead atoms. The van der Waals surface area contributed by atoms with Crippen molar-refractivity contribution in [1.29, 1.82) is 0 Å². The number of hydrogen-bond donors (Lipinski definition) is 1. The van der Waals surface area contributed by atoms with Crippen LogP contribution in [0, 0.1) is 6.92 Å². The predicted octanol–water partition coefficient (Wildman–Crippen LogP) is 6.07. The largest absolute Gasteiger partial charge is 0.507 e. The topological polar surface area (TPSA) is 76.1 Å². The number of carbonyl (C=O) groups excluding carboxylic acids is 2. The highest BCUT2D eigenvalue weighted by Gasteiger charge is 2.47. The zero-order valence-corrected chi connectivity index (χ0v) is 20.5. The summed E-state index contributed by atoms with van der Waals surface area (Å²) in [5.41, 5.74) is 2.35. The fourth-order valence-corrected chi connectivity index (χ4v) is 4.35. The lowest BCUT2D eigenvalue weighted by Crippen LogP contribution is -2.29. The zero-order chi connectivity index (χ0) is 25.1. The van der Waals surface area contributed by atoms with Crippen LogP contribution in [0.1, 0.15) is 36.6 Å². The van der Waals surface area contributed by atoms with Crippen molar-refractivity contribution in [3.63, 3.8) is 0 Å². The first kappa shape index (κ1) is 24.4. The van der Waals surface area contributed by atoms with Gasteiger partial charge in [-0.3, -0.25) is 14.5 Å². The number of halogens is 1. The maximum atomic E-state index is 13.3. The minimum atomic E-state index is -0.858. The van der Waals surface area contributed by atoms with Crippen LogP contribution in [0.25, 0.3) is 5.76 Å². The maximum Gasteiger partial charge on any atom is 0.300 e. The Bertz CT molecular complexity index is 1300. The molecule has 35 heavy (non-hydrogen) atoms. The van der Waals surface area contributed by atoms with Crippen LogP contribution in [-0.2, 0) is 9.59 Å². The summed E-state index contributed by atoms with van der Waals surface area (Å²) in [6.07, 6.45) is 0. The molecule has 1 N–H and O–H groups in total. The molecule has 1 aliphatic heterocycles. The summed E-state index contributed by atoms with van der Waals surface area (Å²) in [4.78, 5) is 28.0. The molecule has 1 amide bonds. The summed E-state index contributed by atoms with van der Waals surface area (Å²) in [5, 5.41) is 11.9. The van der Waals surface area contributed by atoms with Gasteiger partial charge in [-0.2, -0.15) is 0 Å². The Hall–Kier alpha value is -3.77. The van der Waals surface area contributed by atoms with E-state index in [-0.39, 0.29) is 11.3 Å². The van der Waals surface area contributed by atoms with E-state index in [1.165, 1.54) is 4.90 Å². The molecule has 1 fully saturated rings. The van der Waals surface area contributed by atoms with E-state index < -0.39 is 17.7 Å². The molecule has 7 heteroatoms. The van der Waals surface area contributed by atoms with Gasteiger partial charge in [0.15, 0.2) is 0 Å². The number of ketones is 1. The van der Waals surface area contributed by atoms with Crippen LogP contribution in [0.15, 0.2) is 72.3 Å². The molecule has 3 aromatic carbocycles. The smallest absolute Gasteiger partial charge is 0.300 e. The van der Waals surface area contributed by atoms with Crippen LogP contribution in [0.4, 0.5) is 5.69 Å². The van der Waals surface area contributed by atoms with Gasteiger partial charge in [0.25, 0.3) is 11.7 Å². The van der Waals surface area contributed by atoms with Gasteiger partial charge in [-0.15, -0.1) is 0 Å². The summed E-state index contributed by atoms with van der Waals surface area (Å²) in [6, 6.07) is 18.1. The van der Waals surface area contributed by atoms with Crippen molar-refractivity contribution in [2.45, 2.75) is 26.8 Å². The minimum absolute atomic E-state index is 0.00200. The monoisotopic (exact) mass is 491 g/mol. The fraction of sp³-hybridized carbons (Fsp3) is 0.214. The molecule has 180 valence electrons. The lowest BCUT2D eigenvalue weighted by Gasteiger charge is -2.26. The van der Waals surface area contributed by atoms with Gasteiger partial charge in [-0.1, -0.05) is 23.7 Å². The number of ether oxygens (including phenoxy) is 2. The van der Waals surface area contributed by atoms with Crippen molar-refractivity contribution in [3.8, 4) is 11.5 Å². The Morgan fingerprint density at radius 2 is 1.69 bits per heavy atom. The van der Waals surface area contributed by atoms with Gasteiger partial charge < -0.3 is 14.6 Å². The molecule has 1 heterocycles. The highest BCUT2D eigenvalue weighted by atomic mass is 35.5. The fourth-order valence-electron chi connectivity index (χ4n) is 4.23. The molecule has 0 saturated carbocycles. The zero-order valence-electron chi connectivity index (χ0n) is 19.7. The minimum Gasteiger partial charge on any atom is -0.507 e. The van der Waals surface area contributed by atoms with E-state index >= 15 is 0 Å². The van der Waals surface area contributed by atoms with Gasteiger partial charge in [-0.05, 0) is 86.5 Å². The van der Waals surface area contributed by atoms with Crippen molar-refractivity contribution < 1.29 is 24.2 Å². The number of Topliss-reactive ketones (excluding diaryl/α,β-unsaturated/α-hetero) is 1. The molecule has 1 unspecified atom stereocenters. The molecule has 0 spiro atoms. The highest BCUT2D eigenvalue weighted by molar-refractivity contribution is 6.51. The number of aryl methyl sites for hydroxylation is 1. The second-order valence-corrected chi connectivity index (χ2v) is 8.50. The number of aliphatic hydroxyl groups excluding tert-OH is 1. The molecule has 0 aliphatic carbocycles. The Morgan fingerprint density at radius 3 is 2.34 bits per heavy atom. The first-order valence-corrected chi connectivity index (χ1v) is 11.8. The Morgan fingerprint density at radius 1 is 0.971 bits per heavy atom. The van der Waals surface area contributed by atoms with E-state index in [0.717, 1.165) is 5.56 Å². The van der Waals surface area contributed by atoms with E-state index in [2.05, 4.69) is 0 Å². The molecule has 1 saturated heterocycles. The van der Waals surface area contributed by atoms with Crippen LogP contribution in [0.5, 0.6) is 11.5 Å². The van der Waals surface area contributed by atoms with Crippen LogP contribution in [-0.4, -0.2) is 30.0 Å². The van der Waals surface area contributed by atoms with Gasteiger partial charge in [0, 0.05) is 16.3 Å². The van der Waals surface area contributed by atoms with Gasteiger partial charge in [0.1, 0.15) is 17.3 Å². The van der Waals surface area contributed by atoms with Gasteiger partial charge >= 0.3 is 0 Å². The quantitative estimate of drug-likeness (QED) is 0.246. The molecular formula is C28H26ClNO5. The Kier molecular flexibility index (Phi) is 7.12. The Balaban J connectivity index is 1.91. The van der Waals surface area contributed by atoms with Gasteiger partial charge in [0.05, 0.1) is 24.8 Å². The Labute approximate surface area is 209 Å². The van der Waals surface area contributed by atoms with Crippen molar-refractivity contribution in [1.82, 2.24) is 0 Å². The number of hydrogen-bond acceptors (Lipinski definition) is 5. The lowest BCUT2D eigenvalue weighted by molar-refractivity contribution is -0.132. The van der Waals surface area contributed by atoms with E-state index in [4.69, 9.17) is 21.1 Å². The first-order chi connectivity index (χ1) is 16.8. The predicted molar refractivity (Wildman–Crippen MR) is 136 cm³/mol. The average Bonchev–Trinajstić information content (AvgIpc) is 3.11. The normalized spacial score (nSPS) is 17.0. The third kappa shape index (κ3) is 4.75. The number of benzene rings is 3. The standard InChI is InChI=1S/C28H26ClNO5/c1-4-34-22-8-6-7-18(16-22)25-24(26(31)19-9-14-23(35-5-2)17(3)15-19)27(32)28(33)30(25)21-12-10-20(29)11-13-21/h6-16,25,31H,4-5H2,1-3H3/b26-24+. The highest BCUT2D eigenvalue weighted by Crippen LogP contribution is 2.43. The summed E-state index contributed by atoms with van der Waals surface area (Å²) in [6.45, 7) is 6.60. The average molecular weight is 492 g/mol. The summed E-state index contributed by atoms with van der Waals surface area (Å²) in [7, 11) is 0. The van der Waals surface area contributed by atoms with E-state index in [9.17, 15) is 14.7 Å².